The first-order chi connectivity index (χ1) is 7.48. The van der Waals surface area contributed by atoms with Gasteiger partial charge in [-0.3, -0.25) is 4.79 Å². The predicted octanol–water partition coefficient (Wildman–Crippen LogP) is 0.368. The Morgan fingerprint density at radius 3 is 2.88 bits per heavy atom. The van der Waals surface area contributed by atoms with Crippen molar-refractivity contribution in [2.24, 2.45) is 0 Å². The van der Waals surface area contributed by atoms with Gasteiger partial charge in [0.05, 0.1) is 17.0 Å². The van der Waals surface area contributed by atoms with Gasteiger partial charge in [-0.1, -0.05) is 0 Å². The molecule has 88 valence electrons. The van der Waals surface area contributed by atoms with Crippen molar-refractivity contribution < 1.29 is 13.2 Å². The van der Waals surface area contributed by atoms with Crippen molar-refractivity contribution in [3.8, 4) is 0 Å². The lowest BCUT2D eigenvalue weighted by molar-refractivity contribution is 0.0936. The van der Waals surface area contributed by atoms with Gasteiger partial charge in [0.1, 0.15) is 5.69 Å². The summed E-state index contributed by atoms with van der Waals surface area (Å²) in [6.45, 7) is 1.82. The Morgan fingerprint density at radius 2 is 2.38 bits per heavy atom. The van der Waals surface area contributed by atoms with Crippen LogP contribution in [0.4, 0.5) is 0 Å². The molecule has 1 aliphatic rings. The number of sulfone groups is 1. The molecule has 2 rings (SSSR count). The zero-order valence-corrected chi connectivity index (χ0v) is 10.4. The maximum atomic E-state index is 11.7. The lowest BCUT2D eigenvalue weighted by Gasteiger charge is -2.09. The minimum Gasteiger partial charge on any atom is -0.347 e. The van der Waals surface area contributed by atoms with Crippen molar-refractivity contribution in [2.45, 2.75) is 19.4 Å². The predicted molar refractivity (Wildman–Crippen MR) is 61.4 cm³/mol. The smallest absolute Gasteiger partial charge is 0.271 e. The minimum absolute atomic E-state index is 0.0436. The first-order valence-electron chi connectivity index (χ1n) is 4.89. The van der Waals surface area contributed by atoms with Crippen molar-refractivity contribution >= 4 is 27.1 Å². The number of aryl methyl sites for hydroxylation is 1. The van der Waals surface area contributed by atoms with E-state index in [-0.39, 0.29) is 23.5 Å². The van der Waals surface area contributed by atoms with Crippen LogP contribution in [-0.4, -0.2) is 36.9 Å². The average Bonchev–Trinajstić information content (AvgIpc) is 2.72. The number of carbonyl (C=O) groups excluding carboxylic acids is 1. The number of nitrogens with zero attached hydrogens (tertiary/aromatic N) is 1. The second kappa shape index (κ2) is 4.14. The molecule has 0 radical (unpaired) electrons. The molecule has 1 unspecified atom stereocenters. The molecule has 1 aromatic rings. The van der Waals surface area contributed by atoms with Crippen molar-refractivity contribution in [3.05, 3.63) is 16.1 Å². The largest absolute Gasteiger partial charge is 0.347 e. The fourth-order valence-electron chi connectivity index (χ4n) is 1.69. The van der Waals surface area contributed by atoms with E-state index in [1.54, 1.807) is 5.51 Å². The summed E-state index contributed by atoms with van der Waals surface area (Å²) in [4.78, 5) is 16.5. The van der Waals surface area contributed by atoms with Crippen molar-refractivity contribution in [3.63, 3.8) is 0 Å². The van der Waals surface area contributed by atoms with E-state index in [1.807, 2.05) is 6.92 Å². The normalized spacial score (nSPS) is 23.2. The Balaban J connectivity index is 2.02. The lowest BCUT2D eigenvalue weighted by atomic mass is 10.2. The number of hydrogen-bond acceptors (Lipinski definition) is 5. The third kappa shape index (κ3) is 2.41. The molecule has 0 saturated carbocycles. The van der Waals surface area contributed by atoms with Gasteiger partial charge in [0, 0.05) is 10.9 Å². The molecular formula is C9H12N2O3S2. The fraction of sp³-hybridized carbons (Fsp3) is 0.556. The van der Waals surface area contributed by atoms with Crippen molar-refractivity contribution in [1.29, 1.82) is 0 Å². The van der Waals surface area contributed by atoms with E-state index in [4.69, 9.17) is 0 Å². The summed E-state index contributed by atoms with van der Waals surface area (Å²) in [5.74, 6) is -0.0727. The van der Waals surface area contributed by atoms with Crippen molar-refractivity contribution in [1.82, 2.24) is 10.3 Å². The summed E-state index contributed by atoms with van der Waals surface area (Å²) in [6.07, 6.45) is 0.497. The molecule has 1 N–H and O–H groups in total. The van der Waals surface area contributed by atoms with E-state index in [0.717, 1.165) is 4.88 Å². The molecule has 0 spiro atoms. The van der Waals surface area contributed by atoms with E-state index in [9.17, 15) is 13.2 Å². The van der Waals surface area contributed by atoms with Crippen LogP contribution < -0.4 is 5.32 Å². The quantitative estimate of drug-likeness (QED) is 0.833. The molecule has 1 aliphatic heterocycles. The number of hydrogen-bond donors (Lipinski definition) is 1. The summed E-state index contributed by atoms with van der Waals surface area (Å²) < 4.78 is 22.4. The number of amides is 1. The Labute approximate surface area is 97.8 Å². The summed E-state index contributed by atoms with van der Waals surface area (Å²) in [6, 6.07) is -0.265. The molecule has 1 atom stereocenters. The highest BCUT2D eigenvalue weighted by molar-refractivity contribution is 7.91. The number of aromatic nitrogens is 1. The van der Waals surface area contributed by atoms with Crippen LogP contribution in [0.3, 0.4) is 0 Å². The van der Waals surface area contributed by atoms with Crippen LogP contribution in [0.2, 0.25) is 0 Å². The monoisotopic (exact) mass is 260 g/mol. The molecular weight excluding hydrogens is 248 g/mol. The molecule has 7 heteroatoms. The maximum absolute atomic E-state index is 11.7. The SMILES string of the molecule is Cc1scnc1C(=O)NC1CCS(=O)(=O)C1. The first kappa shape index (κ1) is 11.5. The van der Waals surface area contributed by atoms with Crippen LogP contribution in [-0.2, 0) is 9.84 Å². The molecule has 0 aliphatic carbocycles. The maximum Gasteiger partial charge on any atom is 0.271 e. The topological polar surface area (TPSA) is 76.1 Å². The van der Waals surface area contributed by atoms with Crippen LogP contribution in [0.1, 0.15) is 21.8 Å². The third-order valence-electron chi connectivity index (χ3n) is 2.53. The minimum atomic E-state index is -2.95. The van der Waals surface area contributed by atoms with Gasteiger partial charge in [0.25, 0.3) is 5.91 Å². The van der Waals surface area contributed by atoms with Crippen LogP contribution in [0, 0.1) is 6.92 Å². The standard InChI is InChI=1S/C9H12N2O3S2/c1-6-8(10-5-15-6)9(12)11-7-2-3-16(13,14)4-7/h5,7H,2-4H2,1H3,(H,11,12). The highest BCUT2D eigenvalue weighted by atomic mass is 32.2. The molecule has 5 nitrogen and oxygen atoms in total. The molecule has 2 heterocycles. The van der Waals surface area contributed by atoms with Crippen LogP contribution in [0.5, 0.6) is 0 Å². The van der Waals surface area contributed by atoms with E-state index >= 15 is 0 Å². The van der Waals surface area contributed by atoms with Gasteiger partial charge in [-0.05, 0) is 13.3 Å². The Morgan fingerprint density at radius 1 is 1.62 bits per heavy atom. The highest BCUT2D eigenvalue weighted by Gasteiger charge is 2.29. The van der Waals surface area contributed by atoms with Gasteiger partial charge in [-0.25, -0.2) is 13.4 Å². The fourth-order valence-corrected chi connectivity index (χ4v) is 3.93. The Hall–Kier alpha value is -0.950. The molecule has 1 aromatic heterocycles. The van der Waals surface area contributed by atoms with Gasteiger partial charge in [-0.2, -0.15) is 0 Å². The molecule has 1 amide bonds. The third-order valence-corrected chi connectivity index (χ3v) is 5.05. The summed E-state index contributed by atoms with van der Waals surface area (Å²) in [5, 5.41) is 2.70. The second-order valence-corrected chi connectivity index (χ2v) is 7.12. The number of carbonyl (C=O) groups is 1. The van der Waals surface area contributed by atoms with E-state index in [2.05, 4.69) is 10.3 Å². The molecule has 0 aromatic carbocycles. The number of rotatable bonds is 2. The van der Waals surface area contributed by atoms with E-state index in [0.29, 0.717) is 12.1 Å². The molecule has 0 bridgehead atoms. The Bertz CT molecular complexity index is 507. The summed E-state index contributed by atoms with van der Waals surface area (Å²) in [7, 11) is -2.95. The molecule has 1 saturated heterocycles. The molecule has 16 heavy (non-hydrogen) atoms. The van der Waals surface area contributed by atoms with Crippen molar-refractivity contribution in [2.75, 3.05) is 11.5 Å². The summed E-state index contributed by atoms with van der Waals surface area (Å²) >= 11 is 1.40. The zero-order chi connectivity index (χ0) is 11.8. The van der Waals surface area contributed by atoms with E-state index < -0.39 is 9.84 Å². The van der Waals surface area contributed by atoms with Gasteiger partial charge in [-0.15, -0.1) is 11.3 Å². The van der Waals surface area contributed by atoms with Crippen LogP contribution in [0.25, 0.3) is 0 Å². The molecule has 1 fully saturated rings. The lowest BCUT2D eigenvalue weighted by Crippen LogP contribution is -2.36. The average molecular weight is 260 g/mol. The van der Waals surface area contributed by atoms with Crippen LogP contribution in [0.15, 0.2) is 5.51 Å². The van der Waals surface area contributed by atoms with E-state index in [1.165, 1.54) is 11.3 Å². The Kier molecular flexibility index (Phi) is 2.98. The number of nitrogens with one attached hydrogen (secondary N) is 1. The highest BCUT2D eigenvalue weighted by Crippen LogP contribution is 2.14. The van der Waals surface area contributed by atoms with Gasteiger partial charge < -0.3 is 5.32 Å². The van der Waals surface area contributed by atoms with Gasteiger partial charge in [0.15, 0.2) is 9.84 Å². The summed E-state index contributed by atoms with van der Waals surface area (Å²) in [5.41, 5.74) is 2.00. The van der Waals surface area contributed by atoms with Gasteiger partial charge >= 0.3 is 0 Å². The zero-order valence-electron chi connectivity index (χ0n) is 8.76. The second-order valence-electron chi connectivity index (χ2n) is 3.83. The van der Waals surface area contributed by atoms with Crippen LogP contribution >= 0.6 is 11.3 Å². The number of thiazole rings is 1. The van der Waals surface area contributed by atoms with Gasteiger partial charge in [0.2, 0.25) is 0 Å². The first-order valence-corrected chi connectivity index (χ1v) is 7.59.